The van der Waals surface area contributed by atoms with Gasteiger partial charge in [0.05, 0.1) is 6.10 Å². The zero-order valence-corrected chi connectivity index (χ0v) is 12.3. The number of hydrogen-bond donors (Lipinski definition) is 1. The normalized spacial score (nSPS) is 18.7. The molecule has 1 N–H and O–H groups in total. The lowest BCUT2D eigenvalue weighted by Gasteiger charge is -2.29. The summed E-state index contributed by atoms with van der Waals surface area (Å²) in [5.41, 5.74) is 2.70. The molecule has 1 aliphatic carbocycles. The SMILES string of the molecule is Cc1ccccc1CN(C)CC(O)C1CCCCC1. The van der Waals surface area contributed by atoms with Crippen molar-refractivity contribution in [2.24, 2.45) is 5.92 Å². The lowest BCUT2D eigenvalue weighted by molar-refractivity contribution is 0.0531. The molecule has 0 spiro atoms. The first kappa shape index (κ1) is 14.5. The largest absolute Gasteiger partial charge is 0.392 e. The van der Waals surface area contributed by atoms with Crippen LogP contribution in [0.1, 0.15) is 43.2 Å². The molecule has 0 aromatic heterocycles. The average molecular weight is 261 g/mol. The molecule has 19 heavy (non-hydrogen) atoms. The summed E-state index contributed by atoms with van der Waals surface area (Å²) >= 11 is 0. The maximum Gasteiger partial charge on any atom is 0.0695 e. The summed E-state index contributed by atoms with van der Waals surface area (Å²) in [5.74, 6) is 0.521. The first-order valence-corrected chi connectivity index (χ1v) is 7.58. The van der Waals surface area contributed by atoms with Gasteiger partial charge in [0.25, 0.3) is 0 Å². The number of hydrogen-bond acceptors (Lipinski definition) is 2. The lowest BCUT2D eigenvalue weighted by atomic mass is 9.85. The minimum absolute atomic E-state index is 0.158. The number of aliphatic hydroxyl groups is 1. The van der Waals surface area contributed by atoms with Crippen molar-refractivity contribution in [2.75, 3.05) is 13.6 Å². The summed E-state index contributed by atoms with van der Waals surface area (Å²) in [4.78, 5) is 2.25. The van der Waals surface area contributed by atoms with Crippen molar-refractivity contribution in [2.45, 2.75) is 51.7 Å². The molecule has 1 unspecified atom stereocenters. The van der Waals surface area contributed by atoms with Gasteiger partial charge in [-0.2, -0.15) is 0 Å². The monoisotopic (exact) mass is 261 g/mol. The molecule has 0 saturated heterocycles. The molecular formula is C17H27NO. The van der Waals surface area contributed by atoms with Gasteiger partial charge in [0.15, 0.2) is 0 Å². The van der Waals surface area contributed by atoms with Gasteiger partial charge >= 0.3 is 0 Å². The van der Waals surface area contributed by atoms with Crippen LogP contribution < -0.4 is 0 Å². The average Bonchev–Trinajstić information content (AvgIpc) is 2.42. The second-order valence-corrected chi connectivity index (χ2v) is 6.09. The van der Waals surface area contributed by atoms with E-state index in [4.69, 9.17) is 0 Å². The molecule has 0 amide bonds. The molecule has 1 aromatic carbocycles. The minimum atomic E-state index is -0.158. The predicted octanol–water partition coefficient (Wildman–Crippen LogP) is 3.37. The van der Waals surface area contributed by atoms with Gasteiger partial charge in [-0.1, -0.05) is 43.5 Å². The van der Waals surface area contributed by atoms with Gasteiger partial charge in [-0.05, 0) is 43.9 Å². The molecule has 2 heteroatoms. The van der Waals surface area contributed by atoms with Gasteiger partial charge in [-0.3, -0.25) is 4.90 Å². The predicted molar refractivity (Wildman–Crippen MR) is 80.1 cm³/mol. The molecule has 0 bridgehead atoms. The van der Waals surface area contributed by atoms with E-state index in [1.807, 2.05) is 0 Å². The number of likely N-dealkylation sites (N-methyl/N-ethyl adjacent to an activating group) is 1. The second-order valence-electron chi connectivity index (χ2n) is 6.09. The molecule has 0 heterocycles. The van der Waals surface area contributed by atoms with Gasteiger partial charge < -0.3 is 5.11 Å². The maximum atomic E-state index is 10.4. The van der Waals surface area contributed by atoms with Crippen LogP contribution in [0.25, 0.3) is 0 Å². The van der Waals surface area contributed by atoms with E-state index in [-0.39, 0.29) is 6.10 Å². The first-order valence-electron chi connectivity index (χ1n) is 7.58. The van der Waals surface area contributed by atoms with Gasteiger partial charge in [0, 0.05) is 13.1 Å². The number of benzene rings is 1. The first-order chi connectivity index (χ1) is 9.16. The summed E-state index contributed by atoms with van der Waals surface area (Å²) in [7, 11) is 2.11. The van der Waals surface area contributed by atoms with Crippen LogP contribution in [0.3, 0.4) is 0 Å². The zero-order valence-electron chi connectivity index (χ0n) is 12.3. The van der Waals surface area contributed by atoms with E-state index in [9.17, 15) is 5.11 Å². The fraction of sp³-hybridized carbons (Fsp3) is 0.647. The Bertz CT molecular complexity index is 385. The number of aliphatic hydroxyl groups excluding tert-OH is 1. The van der Waals surface area contributed by atoms with Crippen LogP contribution in [0.5, 0.6) is 0 Å². The third-order valence-corrected chi connectivity index (χ3v) is 4.39. The van der Waals surface area contributed by atoms with Crippen LogP contribution in [-0.2, 0) is 6.54 Å². The van der Waals surface area contributed by atoms with Crippen molar-refractivity contribution in [1.82, 2.24) is 4.90 Å². The fourth-order valence-corrected chi connectivity index (χ4v) is 3.13. The fourth-order valence-electron chi connectivity index (χ4n) is 3.13. The minimum Gasteiger partial charge on any atom is -0.392 e. The number of nitrogens with zero attached hydrogens (tertiary/aromatic N) is 1. The van der Waals surface area contributed by atoms with Gasteiger partial charge in [-0.25, -0.2) is 0 Å². The Labute approximate surface area is 117 Å². The van der Waals surface area contributed by atoms with Crippen molar-refractivity contribution < 1.29 is 5.11 Å². The highest BCUT2D eigenvalue weighted by Gasteiger charge is 2.22. The van der Waals surface area contributed by atoms with Crippen molar-refractivity contribution in [3.05, 3.63) is 35.4 Å². The second kappa shape index (κ2) is 7.06. The maximum absolute atomic E-state index is 10.4. The molecule has 0 aliphatic heterocycles. The molecule has 0 radical (unpaired) electrons. The summed E-state index contributed by atoms with van der Waals surface area (Å²) in [6.45, 7) is 3.87. The van der Waals surface area contributed by atoms with Crippen LogP contribution in [0.4, 0.5) is 0 Å². The molecule has 1 atom stereocenters. The van der Waals surface area contributed by atoms with Crippen LogP contribution in [-0.4, -0.2) is 29.7 Å². The van der Waals surface area contributed by atoms with Gasteiger partial charge in [0.1, 0.15) is 0 Å². The van der Waals surface area contributed by atoms with E-state index in [1.165, 1.54) is 43.2 Å². The van der Waals surface area contributed by atoms with E-state index in [0.717, 1.165) is 13.1 Å². The van der Waals surface area contributed by atoms with E-state index in [2.05, 4.69) is 43.1 Å². The van der Waals surface area contributed by atoms with Crippen molar-refractivity contribution in [3.63, 3.8) is 0 Å². The Balaban J connectivity index is 1.83. The smallest absolute Gasteiger partial charge is 0.0695 e. The van der Waals surface area contributed by atoms with E-state index in [1.54, 1.807) is 0 Å². The number of aryl methyl sites for hydroxylation is 1. The summed E-state index contributed by atoms with van der Waals surface area (Å²) in [5, 5.41) is 10.4. The van der Waals surface area contributed by atoms with Gasteiger partial charge in [0.2, 0.25) is 0 Å². The Morgan fingerprint density at radius 1 is 1.21 bits per heavy atom. The quantitative estimate of drug-likeness (QED) is 0.878. The van der Waals surface area contributed by atoms with Crippen molar-refractivity contribution >= 4 is 0 Å². The Morgan fingerprint density at radius 3 is 2.58 bits per heavy atom. The lowest BCUT2D eigenvalue weighted by Crippen LogP contribution is -2.35. The molecule has 1 saturated carbocycles. The van der Waals surface area contributed by atoms with E-state index >= 15 is 0 Å². The Morgan fingerprint density at radius 2 is 1.89 bits per heavy atom. The van der Waals surface area contributed by atoms with Crippen molar-refractivity contribution in [3.8, 4) is 0 Å². The van der Waals surface area contributed by atoms with Crippen molar-refractivity contribution in [1.29, 1.82) is 0 Å². The molecule has 1 fully saturated rings. The molecule has 2 nitrogen and oxygen atoms in total. The molecule has 1 aromatic rings. The zero-order chi connectivity index (χ0) is 13.7. The third-order valence-electron chi connectivity index (χ3n) is 4.39. The van der Waals surface area contributed by atoms with E-state index in [0.29, 0.717) is 5.92 Å². The highest BCUT2D eigenvalue weighted by Crippen LogP contribution is 2.26. The van der Waals surface area contributed by atoms with Crippen LogP contribution >= 0.6 is 0 Å². The molecule has 106 valence electrons. The summed E-state index contributed by atoms with van der Waals surface area (Å²) < 4.78 is 0. The number of rotatable bonds is 5. The Hall–Kier alpha value is -0.860. The van der Waals surface area contributed by atoms with Crippen LogP contribution in [0.2, 0.25) is 0 Å². The topological polar surface area (TPSA) is 23.5 Å². The Kier molecular flexibility index (Phi) is 5.41. The van der Waals surface area contributed by atoms with Crippen LogP contribution in [0.15, 0.2) is 24.3 Å². The highest BCUT2D eigenvalue weighted by molar-refractivity contribution is 5.25. The van der Waals surface area contributed by atoms with Crippen LogP contribution in [0, 0.1) is 12.8 Å². The highest BCUT2D eigenvalue weighted by atomic mass is 16.3. The third kappa shape index (κ3) is 4.32. The standard InChI is InChI=1S/C17H27NO/c1-14-8-6-7-11-16(14)12-18(2)13-17(19)15-9-4-3-5-10-15/h6-8,11,15,17,19H,3-5,9-10,12-13H2,1-2H3. The molecule has 1 aliphatic rings. The summed E-state index contributed by atoms with van der Waals surface area (Å²) in [6.07, 6.45) is 6.20. The summed E-state index contributed by atoms with van der Waals surface area (Å²) in [6, 6.07) is 8.50. The van der Waals surface area contributed by atoms with E-state index < -0.39 is 0 Å². The molecular weight excluding hydrogens is 234 g/mol. The molecule has 2 rings (SSSR count). The van der Waals surface area contributed by atoms with Gasteiger partial charge in [-0.15, -0.1) is 0 Å².